The van der Waals surface area contributed by atoms with Crippen molar-refractivity contribution in [2.45, 2.75) is 18.6 Å². The fraction of sp³-hybridized carbons (Fsp3) is 0.250. The number of hydrogen-bond donors (Lipinski definition) is 1. The minimum absolute atomic E-state index is 0.104. The van der Waals surface area contributed by atoms with Crippen LogP contribution in [0.2, 0.25) is 0 Å². The second-order valence-corrected chi connectivity index (χ2v) is 7.85. The van der Waals surface area contributed by atoms with Crippen LogP contribution in [0.25, 0.3) is 11.4 Å². The minimum Gasteiger partial charge on any atom is -0.497 e. The molecule has 0 aliphatic heterocycles. The van der Waals surface area contributed by atoms with Gasteiger partial charge in [-0.25, -0.2) is 0 Å². The monoisotopic (exact) mass is 476 g/mol. The lowest BCUT2D eigenvalue weighted by Gasteiger charge is -2.10. The van der Waals surface area contributed by atoms with Crippen molar-refractivity contribution < 1.29 is 14.3 Å². The molecular formula is C20H21BrN4O3S. The SMILES string of the molecule is CCn1c(SCC(=O)Nc2ccc(Br)cc2)nnc1-c1cc(OC)cc(OC)c1. The highest BCUT2D eigenvalue weighted by Crippen LogP contribution is 2.30. The van der Waals surface area contributed by atoms with Crippen molar-refractivity contribution in [1.82, 2.24) is 14.8 Å². The molecule has 0 bridgehead atoms. The van der Waals surface area contributed by atoms with Gasteiger partial charge >= 0.3 is 0 Å². The topological polar surface area (TPSA) is 78.3 Å². The van der Waals surface area contributed by atoms with Crippen LogP contribution in [-0.4, -0.2) is 40.6 Å². The first kappa shape index (κ1) is 21.2. The number of halogens is 1. The van der Waals surface area contributed by atoms with Crippen LogP contribution in [-0.2, 0) is 11.3 Å². The number of rotatable bonds is 8. The Morgan fingerprint density at radius 1 is 1.10 bits per heavy atom. The summed E-state index contributed by atoms with van der Waals surface area (Å²) >= 11 is 4.72. The molecule has 1 aromatic heterocycles. The predicted molar refractivity (Wildman–Crippen MR) is 118 cm³/mol. The van der Waals surface area contributed by atoms with Gasteiger partial charge in [0.25, 0.3) is 0 Å². The van der Waals surface area contributed by atoms with Crippen LogP contribution in [0.5, 0.6) is 11.5 Å². The molecule has 1 amide bonds. The van der Waals surface area contributed by atoms with Crippen LogP contribution in [0.1, 0.15) is 6.92 Å². The number of ether oxygens (including phenoxy) is 2. The first-order valence-corrected chi connectivity index (χ1v) is 10.7. The van der Waals surface area contributed by atoms with E-state index in [1.165, 1.54) is 11.8 Å². The maximum absolute atomic E-state index is 12.3. The van der Waals surface area contributed by atoms with E-state index in [9.17, 15) is 4.79 Å². The highest BCUT2D eigenvalue weighted by atomic mass is 79.9. The third-order valence-corrected chi connectivity index (χ3v) is 5.60. The lowest BCUT2D eigenvalue weighted by molar-refractivity contribution is -0.113. The quantitative estimate of drug-likeness (QED) is 0.483. The number of nitrogens with one attached hydrogen (secondary N) is 1. The van der Waals surface area contributed by atoms with Crippen LogP contribution in [0.4, 0.5) is 5.69 Å². The molecule has 3 aromatic rings. The van der Waals surface area contributed by atoms with E-state index >= 15 is 0 Å². The van der Waals surface area contributed by atoms with Gasteiger partial charge in [0.05, 0.1) is 20.0 Å². The second kappa shape index (κ2) is 9.80. The molecule has 7 nitrogen and oxygen atoms in total. The Morgan fingerprint density at radius 3 is 2.34 bits per heavy atom. The molecule has 0 saturated heterocycles. The molecule has 152 valence electrons. The Bertz CT molecular complexity index is 970. The lowest BCUT2D eigenvalue weighted by atomic mass is 10.2. The van der Waals surface area contributed by atoms with Crippen molar-refractivity contribution in [3.63, 3.8) is 0 Å². The molecule has 0 aliphatic carbocycles. The van der Waals surface area contributed by atoms with Gasteiger partial charge in [-0.05, 0) is 43.3 Å². The molecule has 29 heavy (non-hydrogen) atoms. The number of hydrogen-bond acceptors (Lipinski definition) is 6. The molecular weight excluding hydrogens is 456 g/mol. The largest absolute Gasteiger partial charge is 0.497 e. The van der Waals surface area contributed by atoms with Crippen molar-refractivity contribution in [3.05, 3.63) is 46.9 Å². The van der Waals surface area contributed by atoms with Crippen LogP contribution >= 0.6 is 27.7 Å². The van der Waals surface area contributed by atoms with Crippen molar-refractivity contribution in [2.24, 2.45) is 0 Å². The molecule has 3 rings (SSSR count). The van der Waals surface area contributed by atoms with E-state index in [1.54, 1.807) is 20.3 Å². The number of carbonyl (C=O) groups is 1. The van der Waals surface area contributed by atoms with Gasteiger partial charge in [0.2, 0.25) is 5.91 Å². The number of benzene rings is 2. The summed E-state index contributed by atoms with van der Waals surface area (Å²) in [4.78, 5) is 12.3. The third-order valence-electron chi connectivity index (χ3n) is 4.10. The molecule has 0 aliphatic rings. The highest BCUT2D eigenvalue weighted by molar-refractivity contribution is 9.10. The molecule has 0 saturated carbocycles. The van der Waals surface area contributed by atoms with E-state index in [-0.39, 0.29) is 11.7 Å². The zero-order valence-corrected chi connectivity index (χ0v) is 18.7. The summed E-state index contributed by atoms with van der Waals surface area (Å²) in [6.07, 6.45) is 0. The van der Waals surface area contributed by atoms with Crippen molar-refractivity contribution in [1.29, 1.82) is 0 Å². The number of amides is 1. The Balaban J connectivity index is 1.74. The average Bonchev–Trinajstić information content (AvgIpc) is 3.16. The summed E-state index contributed by atoms with van der Waals surface area (Å²) in [5.74, 6) is 2.17. The molecule has 0 fully saturated rings. The third kappa shape index (κ3) is 5.30. The average molecular weight is 477 g/mol. The van der Waals surface area contributed by atoms with E-state index in [1.807, 2.05) is 47.9 Å². The Hall–Kier alpha value is -2.52. The van der Waals surface area contributed by atoms with Gasteiger partial charge in [-0.15, -0.1) is 10.2 Å². The van der Waals surface area contributed by atoms with Gasteiger partial charge in [0.1, 0.15) is 11.5 Å². The van der Waals surface area contributed by atoms with Gasteiger partial charge in [-0.3, -0.25) is 4.79 Å². The van der Waals surface area contributed by atoms with E-state index in [2.05, 4.69) is 31.4 Å². The fourth-order valence-electron chi connectivity index (χ4n) is 2.69. The highest BCUT2D eigenvalue weighted by Gasteiger charge is 2.16. The smallest absolute Gasteiger partial charge is 0.234 e. The molecule has 9 heteroatoms. The van der Waals surface area contributed by atoms with Gasteiger partial charge in [-0.1, -0.05) is 27.7 Å². The Morgan fingerprint density at radius 2 is 1.76 bits per heavy atom. The van der Waals surface area contributed by atoms with Crippen molar-refractivity contribution in [2.75, 3.05) is 25.3 Å². The van der Waals surface area contributed by atoms with Crippen molar-refractivity contribution >= 4 is 39.3 Å². The van der Waals surface area contributed by atoms with Gasteiger partial charge in [0.15, 0.2) is 11.0 Å². The van der Waals surface area contributed by atoms with Crippen LogP contribution < -0.4 is 14.8 Å². The predicted octanol–water partition coefficient (Wildman–Crippen LogP) is 4.48. The lowest BCUT2D eigenvalue weighted by Crippen LogP contribution is -2.14. The van der Waals surface area contributed by atoms with E-state index in [0.717, 1.165) is 15.7 Å². The maximum Gasteiger partial charge on any atom is 0.234 e. The fourth-order valence-corrected chi connectivity index (χ4v) is 3.76. The summed E-state index contributed by atoms with van der Waals surface area (Å²) in [6, 6.07) is 13.0. The molecule has 1 N–H and O–H groups in total. The number of thioether (sulfide) groups is 1. The zero-order chi connectivity index (χ0) is 20.8. The maximum atomic E-state index is 12.3. The minimum atomic E-state index is -0.104. The number of anilines is 1. The van der Waals surface area contributed by atoms with E-state index in [4.69, 9.17) is 9.47 Å². The zero-order valence-electron chi connectivity index (χ0n) is 16.3. The van der Waals surface area contributed by atoms with Crippen LogP contribution in [0.15, 0.2) is 52.1 Å². The summed E-state index contributed by atoms with van der Waals surface area (Å²) < 4.78 is 13.6. The van der Waals surface area contributed by atoms with Crippen molar-refractivity contribution in [3.8, 4) is 22.9 Å². The standard InChI is InChI=1S/C20H21BrN4O3S/c1-4-25-19(13-9-16(27-2)11-17(10-13)28-3)23-24-20(25)29-12-18(26)22-15-7-5-14(21)6-8-15/h5-11H,4,12H2,1-3H3,(H,22,26). The normalized spacial score (nSPS) is 10.6. The molecule has 0 spiro atoms. The number of aromatic nitrogens is 3. The molecule has 0 unspecified atom stereocenters. The summed E-state index contributed by atoms with van der Waals surface area (Å²) in [5.41, 5.74) is 1.58. The van der Waals surface area contributed by atoms with E-state index < -0.39 is 0 Å². The van der Waals surface area contributed by atoms with Gasteiger partial charge in [0, 0.05) is 28.3 Å². The first-order chi connectivity index (χ1) is 14.0. The van der Waals surface area contributed by atoms with E-state index in [0.29, 0.717) is 29.0 Å². The summed E-state index contributed by atoms with van der Waals surface area (Å²) in [7, 11) is 3.21. The summed E-state index contributed by atoms with van der Waals surface area (Å²) in [5, 5.41) is 12.1. The number of carbonyl (C=O) groups excluding carboxylic acids is 1. The molecule has 0 radical (unpaired) electrons. The molecule has 2 aromatic carbocycles. The number of methoxy groups -OCH3 is 2. The summed E-state index contributed by atoms with van der Waals surface area (Å²) in [6.45, 7) is 2.68. The van der Waals surface area contributed by atoms with Crippen LogP contribution in [0.3, 0.4) is 0 Å². The molecule has 1 heterocycles. The first-order valence-electron chi connectivity index (χ1n) is 8.89. The Kier molecular flexibility index (Phi) is 7.16. The Labute approximate surface area is 181 Å². The van der Waals surface area contributed by atoms with Gasteiger partial charge in [-0.2, -0.15) is 0 Å². The van der Waals surface area contributed by atoms with Gasteiger partial charge < -0.3 is 19.4 Å². The second-order valence-electron chi connectivity index (χ2n) is 6.00. The molecule has 0 atom stereocenters. The number of nitrogens with zero attached hydrogens (tertiary/aromatic N) is 3. The van der Waals surface area contributed by atoms with Crippen LogP contribution in [0, 0.1) is 0 Å².